The summed E-state index contributed by atoms with van der Waals surface area (Å²) in [7, 11) is -4.02. The van der Waals surface area contributed by atoms with Gasteiger partial charge in [0.15, 0.2) is 0 Å². The molecule has 0 aromatic heterocycles. The number of nitrogens with zero attached hydrogens (tertiary/aromatic N) is 1. The van der Waals surface area contributed by atoms with E-state index in [9.17, 15) is 13.2 Å². The number of hydrogen-bond donors (Lipinski definition) is 1. The first kappa shape index (κ1) is 20.0. The van der Waals surface area contributed by atoms with E-state index in [1.54, 1.807) is 23.1 Å². The lowest BCUT2D eigenvalue weighted by Gasteiger charge is -2.20. The summed E-state index contributed by atoms with van der Waals surface area (Å²) in [5.41, 5.74) is 0.582. The fraction of sp³-hybridized carbons (Fsp3) is 0.190. The maximum Gasteiger partial charge on any atom is 0.262 e. The number of hydrogen-bond acceptors (Lipinski definition) is 3. The molecular weight excluding hydrogens is 431 g/mol. The second kappa shape index (κ2) is 7.86. The van der Waals surface area contributed by atoms with Crippen molar-refractivity contribution in [3.8, 4) is 0 Å². The maximum absolute atomic E-state index is 13.1. The van der Waals surface area contributed by atoms with Crippen LogP contribution in [-0.2, 0) is 10.0 Å². The van der Waals surface area contributed by atoms with E-state index in [2.05, 4.69) is 4.72 Å². The summed E-state index contributed by atoms with van der Waals surface area (Å²) in [5.74, 6) is -0.185. The van der Waals surface area contributed by atoms with Gasteiger partial charge in [-0.1, -0.05) is 53.5 Å². The van der Waals surface area contributed by atoms with Crippen LogP contribution in [-0.4, -0.2) is 32.3 Å². The highest BCUT2D eigenvalue weighted by Crippen LogP contribution is 2.32. The number of benzene rings is 3. The minimum Gasteiger partial charge on any atom is -0.339 e. The van der Waals surface area contributed by atoms with Crippen LogP contribution in [0.1, 0.15) is 23.2 Å². The Hall–Kier alpha value is -2.28. The van der Waals surface area contributed by atoms with Gasteiger partial charge in [-0.05, 0) is 42.5 Å². The van der Waals surface area contributed by atoms with E-state index in [0.717, 1.165) is 18.2 Å². The number of halogens is 2. The summed E-state index contributed by atoms with van der Waals surface area (Å²) in [6.45, 7) is 1.34. The minimum absolute atomic E-state index is 0.0671. The fourth-order valence-corrected chi connectivity index (χ4v) is 5.35. The highest BCUT2D eigenvalue weighted by molar-refractivity contribution is 7.92. The molecule has 0 atom stereocenters. The summed E-state index contributed by atoms with van der Waals surface area (Å²) in [5, 5.41) is 1.90. The Labute approximate surface area is 179 Å². The van der Waals surface area contributed by atoms with Crippen molar-refractivity contribution in [2.75, 3.05) is 17.8 Å². The molecule has 1 heterocycles. The molecule has 4 rings (SSSR count). The van der Waals surface area contributed by atoms with Crippen LogP contribution < -0.4 is 4.72 Å². The minimum atomic E-state index is -4.02. The first-order valence-electron chi connectivity index (χ1n) is 9.15. The molecule has 0 radical (unpaired) electrons. The quantitative estimate of drug-likeness (QED) is 0.597. The Morgan fingerprint density at radius 2 is 1.59 bits per heavy atom. The molecule has 150 valence electrons. The lowest BCUT2D eigenvalue weighted by molar-refractivity contribution is 0.0794. The number of amides is 1. The van der Waals surface area contributed by atoms with Crippen LogP contribution in [0.4, 0.5) is 5.69 Å². The van der Waals surface area contributed by atoms with Gasteiger partial charge in [-0.2, -0.15) is 0 Å². The van der Waals surface area contributed by atoms with Crippen molar-refractivity contribution < 1.29 is 13.2 Å². The van der Waals surface area contributed by atoms with E-state index in [1.807, 2.05) is 18.2 Å². The van der Waals surface area contributed by atoms with Crippen LogP contribution >= 0.6 is 23.2 Å². The number of anilines is 1. The Morgan fingerprint density at radius 3 is 2.28 bits per heavy atom. The molecule has 1 aliphatic rings. The van der Waals surface area contributed by atoms with Gasteiger partial charge in [0.25, 0.3) is 15.9 Å². The zero-order valence-electron chi connectivity index (χ0n) is 15.4. The Balaban J connectivity index is 1.84. The lowest BCUT2D eigenvalue weighted by Crippen LogP contribution is -2.29. The zero-order valence-corrected chi connectivity index (χ0v) is 17.7. The molecule has 1 aliphatic heterocycles. The molecule has 1 fully saturated rings. The SMILES string of the molecule is O=C(c1ccc2ccccc2c1NS(=O)(=O)c1cc(Cl)cc(Cl)c1)N1CCCC1. The number of carbonyl (C=O) groups is 1. The van der Waals surface area contributed by atoms with Crippen molar-refractivity contribution in [1.29, 1.82) is 0 Å². The Kier molecular flexibility index (Phi) is 5.42. The number of likely N-dealkylation sites (tertiary alicyclic amines) is 1. The first-order chi connectivity index (χ1) is 13.8. The largest absolute Gasteiger partial charge is 0.339 e. The molecule has 0 bridgehead atoms. The predicted octanol–water partition coefficient (Wildman–Crippen LogP) is 5.18. The van der Waals surface area contributed by atoms with Gasteiger partial charge in [0.1, 0.15) is 0 Å². The van der Waals surface area contributed by atoms with Gasteiger partial charge in [-0.3, -0.25) is 9.52 Å². The number of rotatable bonds is 4. The predicted molar refractivity (Wildman–Crippen MR) is 116 cm³/mol. The average Bonchev–Trinajstić information content (AvgIpc) is 3.22. The zero-order chi connectivity index (χ0) is 20.6. The van der Waals surface area contributed by atoms with Gasteiger partial charge in [0.2, 0.25) is 0 Å². The molecule has 0 unspecified atom stereocenters. The van der Waals surface area contributed by atoms with Crippen LogP contribution in [0.2, 0.25) is 10.0 Å². The molecule has 3 aromatic carbocycles. The van der Waals surface area contributed by atoms with Gasteiger partial charge in [-0.15, -0.1) is 0 Å². The normalized spacial score (nSPS) is 14.3. The summed E-state index contributed by atoms with van der Waals surface area (Å²) >= 11 is 12.0. The summed E-state index contributed by atoms with van der Waals surface area (Å²) in [6, 6.07) is 14.9. The Bertz CT molecular complexity index is 1190. The van der Waals surface area contributed by atoms with Crippen LogP contribution in [0.5, 0.6) is 0 Å². The monoisotopic (exact) mass is 448 g/mol. The third kappa shape index (κ3) is 4.06. The smallest absolute Gasteiger partial charge is 0.262 e. The number of fused-ring (bicyclic) bond motifs is 1. The van der Waals surface area contributed by atoms with Gasteiger partial charge >= 0.3 is 0 Å². The molecule has 5 nitrogen and oxygen atoms in total. The molecule has 3 aromatic rings. The van der Waals surface area contributed by atoms with Crippen molar-refractivity contribution in [2.45, 2.75) is 17.7 Å². The second-order valence-corrected chi connectivity index (χ2v) is 9.47. The third-order valence-electron chi connectivity index (χ3n) is 4.94. The first-order valence-corrected chi connectivity index (χ1v) is 11.4. The maximum atomic E-state index is 13.1. The summed E-state index contributed by atoms with van der Waals surface area (Å²) in [4.78, 5) is 14.8. The highest BCUT2D eigenvalue weighted by atomic mass is 35.5. The van der Waals surface area contributed by atoms with E-state index < -0.39 is 10.0 Å². The van der Waals surface area contributed by atoms with Gasteiger partial charge in [-0.25, -0.2) is 8.42 Å². The summed E-state index contributed by atoms with van der Waals surface area (Å²) in [6.07, 6.45) is 1.89. The molecule has 0 saturated carbocycles. The van der Waals surface area contributed by atoms with Crippen molar-refractivity contribution in [2.24, 2.45) is 0 Å². The molecule has 1 N–H and O–H groups in total. The Morgan fingerprint density at radius 1 is 0.931 bits per heavy atom. The van der Waals surface area contributed by atoms with Crippen LogP contribution in [0.25, 0.3) is 10.8 Å². The lowest BCUT2D eigenvalue weighted by atomic mass is 10.0. The van der Waals surface area contributed by atoms with E-state index >= 15 is 0 Å². The fourth-order valence-electron chi connectivity index (χ4n) is 3.53. The molecule has 29 heavy (non-hydrogen) atoms. The van der Waals surface area contributed by atoms with E-state index in [0.29, 0.717) is 24.0 Å². The van der Waals surface area contributed by atoms with E-state index in [4.69, 9.17) is 23.2 Å². The molecular formula is C21H18Cl2N2O3S. The van der Waals surface area contributed by atoms with Crippen molar-refractivity contribution in [3.05, 3.63) is 70.2 Å². The molecule has 8 heteroatoms. The molecule has 0 aliphatic carbocycles. The van der Waals surface area contributed by atoms with E-state index in [1.165, 1.54) is 18.2 Å². The van der Waals surface area contributed by atoms with Crippen LogP contribution in [0.3, 0.4) is 0 Å². The van der Waals surface area contributed by atoms with Crippen LogP contribution in [0.15, 0.2) is 59.5 Å². The molecule has 0 spiro atoms. The summed E-state index contributed by atoms with van der Waals surface area (Å²) < 4.78 is 28.8. The third-order valence-corrected chi connectivity index (χ3v) is 6.70. The average molecular weight is 449 g/mol. The van der Waals surface area contributed by atoms with Crippen molar-refractivity contribution in [3.63, 3.8) is 0 Å². The number of sulfonamides is 1. The number of nitrogens with one attached hydrogen (secondary N) is 1. The van der Waals surface area contributed by atoms with Crippen molar-refractivity contribution >= 4 is 55.6 Å². The van der Waals surface area contributed by atoms with Gasteiger partial charge in [0, 0.05) is 28.5 Å². The highest BCUT2D eigenvalue weighted by Gasteiger charge is 2.26. The van der Waals surface area contributed by atoms with Crippen molar-refractivity contribution in [1.82, 2.24) is 4.90 Å². The van der Waals surface area contributed by atoms with Gasteiger partial charge in [0.05, 0.1) is 16.1 Å². The molecule has 1 amide bonds. The molecule has 1 saturated heterocycles. The van der Waals surface area contributed by atoms with Crippen LogP contribution in [0, 0.1) is 0 Å². The second-order valence-electron chi connectivity index (χ2n) is 6.92. The number of carbonyl (C=O) groups excluding carboxylic acids is 1. The van der Waals surface area contributed by atoms with Gasteiger partial charge < -0.3 is 4.90 Å². The van der Waals surface area contributed by atoms with E-state index in [-0.39, 0.29) is 26.5 Å². The standard InChI is InChI=1S/C21H18Cl2N2O3S/c22-15-11-16(23)13-17(12-15)29(27,28)24-20-18-6-2-1-5-14(18)7-8-19(20)21(26)25-9-3-4-10-25/h1-2,5-8,11-13,24H,3-4,9-10H2. The topological polar surface area (TPSA) is 66.5 Å².